The molecule has 0 bridgehead atoms. The number of carbonyl (C=O) groups is 1. The fourth-order valence-corrected chi connectivity index (χ4v) is 1.06. The molecule has 1 aromatic carbocycles. The molecule has 0 aromatic heterocycles. The van der Waals surface area contributed by atoms with Crippen LogP contribution in [0.5, 0.6) is 0 Å². The highest BCUT2D eigenvalue weighted by atomic mass is 35.5. The average Bonchev–Trinajstić information content (AvgIpc) is 2.14. The fourth-order valence-electron chi connectivity index (χ4n) is 0.871. The molecule has 0 spiro atoms. The number of nitrogens with two attached hydrogens (primary N) is 1. The standard InChI is InChI=1S/C9H11ClN2O/c10-7-2-1-3-8(4-7)12-6-9(13)5-11/h1-4,12H,5-6,11H2. The largest absolute Gasteiger partial charge is 0.378 e. The summed E-state index contributed by atoms with van der Waals surface area (Å²) in [5, 5.41) is 3.57. The van der Waals surface area contributed by atoms with Crippen LogP contribution in [0.4, 0.5) is 5.69 Å². The lowest BCUT2D eigenvalue weighted by atomic mass is 10.3. The Morgan fingerprint density at radius 3 is 2.92 bits per heavy atom. The van der Waals surface area contributed by atoms with Crippen molar-refractivity contribution in [2.24, 2.45) is 5.73 Å². The maximum Gasteiger partial charge on any atom is 0.165 e. The molecule has 0 saturated heterocycles. The molecule has 0 heterocycles. The Bertz CT molecular complexity index is 301. The molecule has 0 unspecified atom stereocenters. The van der Waals surface area contributed by atoms with Crippen molar-refractivity contribution in [2.75, 3.05) is 18.4 Å². The van der Waals surface area contributed by atoms with Gasteiger partial charge in [0.2, 0.25) is 0 Å². The molecule has 0 amide bonds. The first-order chi connectivity index (χ1) is 6.22. The monoisotopic (exact) mass is 198 g/mol. The molecule has 1 aromatic rings. The van der Waals surface area contributed by atoms with E-state index in [4.69, 9.17) is 17.3 Å². The second kappa shape index (κ2) is 4.84. The van der Waals surface area contributed by atoms with Crippen molar-refractivity contribution in [1.82, 2.24) is 0 Å². The molecular weight excluding hydrogens is 188 g/mol. The van der Waals surface area contributed by atoms with Gasteiger partial charge in [-0.05, 0) is 18.2 Å². The number of nitrogens with one attached hydrogen (secondary N) is 1. The molecule has 0 fully saturated rings. The second-order valence-corrected chi connectivity index (χ2v) is 3.04. The maximum absolute atomic E-state index is 10.8. The summed E-state index contributed by atoms with van der Waals surface area (Å²) in [5.74, 6) is -0.0278. The summed E-state index contributed by atoms with van der Waals surface area (Å²) in [5.41, 5.74) is 5.98. The van der Waals surface area contributed by atoms with Crippen LogP contribution in [0.25, 0.3) is 0 Å². The van der Waals surface area contributed by atoms with Crippen LogP contribution in [0.15, 0.2) is 24.3 Å². The molecule has 0 aliphatic rings. The minimum atomic E-state index is -0.0278. The van der Waals surface area contributed by atoms with Crippen molar-refractivity contribution in [3.8, 4) is 0 Å². The molecule has 0 saturated carbocycles. The summed E-state index contributed by atoms with van der Waals surface area (Å²) in [6.07, 6.45) is 0. The lowest BCUT2D eigenvalue weighted by Crippen LogP contribution is -2.22. The summed E-state index contributed by atoms with van der Waals surface area (Å²) in [7, 11) is 0. The highest BCUT2D eigenvalue weighted by Crippen LogP contribution is 2.14. The number of benzene rings is 1. The Balaban J connectivity index is 2.50. The van der Waals surface area contributed by atoms with Gasteiger partial charge in [0.05, 0.1) is 13.1 Å². The summed E-state index contributed by atoms with van der Waals surface area (Å²) in [6.45, 7) is 0.310. The zero-order valence-electron chi connectivity index (χ0n) is 7.09. The summed E-state index contributed by atoms with van der Waals surface area (Å²) < 4.78 is 0. The molecule has 0 radical (unpaired) electrons. The van der Waals surface area contributed by atoms with Gasteiger partial charge >= 0.3 is 0 Å². The lowest BCUT2D eigenvalue weighted by molar-refractivity contribution is -0.116. The van der Waals surface area contributed by atoms with E-state index < -0.39 is 0 Å². The van der Waals surface area contributed by atoms with Gasteiger partial charge in [0.25, 0.3) is 0 Å². The van der Waals surface area contributed by atoms with Gasteiger partial charge in [-0.3, -0.25) is 4.79 Å². The van der Waals surface area contributed by atoms with Crippen LogP contribution < -0.4 is 11.1 Å². The Morgan fingerprint density at radius 2 is 2.31 bits per heavy atom. The maximum atomic E-state index is 10.8. The van der Waals surface area contributed by atoms with Crippen LogP contribution >= 0.6 is 11.6 Å². The summed E-state index contributed by atoms with van der Waals surface area (Å²) >= 11 is 5.74. The van der Waals surface area contributed by atoms with Crippen molar-refractivity contribution < 1.29 is 4.79 Å². The molecule has 3 nitrogen and oxygen atoms in total. The quantitative estimate of drug-likeness (QED) is 0.767. The first-order valence-electron chi connectivity index (χ1n) is 3.93. The van der Waals surface area contributed by atoms with Crippen LogP contribution in [0.3, 0.4) is 0 Å². The van der Waals surface area contributed by atoms with Crippen molar-refractivity contribution in [3.05, 3.63) is 29.3 Å². The Labute approximate surface area is 81.9 Å². The molecular formula is C9H11ClN2O. The Morgan fingerprint density at radius 1 is 1.54 bits per heavy atom. The fraction of sp³-hybridized carbons (Fsp3) is 0.222. The van der Waals surface area contributed by atoms with E-state index in [0.717, 1.165) is 5.69 Å². The van der Waals surface area contributed by atoms with Crippen molar-refractivity contribution >= 4 is 23.1 Å². The van der Waals surface area contributed by atoms with Gasteiger partial charge in [-0.2, -0.15) is 0 Å². The molecule has 0 aliphatic heterocycles. The van der Waals surface area contributed by atoms with Gasteiger partial charge in [-0.15, -0.1) is 0 Å². The van der Waals surface area contributed by atoms with Gasteiger partial charge in [0, 0.05) is 10.7 Å². The van der Waals surface area contributed by atoms with E-state index in [2.05, 4.69) is 5.32 Å². The SMILES string of the molecule is NCC(=O)CNc1cccc(Cl)c1. The van der Waals surface area contributed by atoms with E-state index in [0.29, 0.717) is 5.02 Å². The molecule has 13 heavy (non-hydrogen) atoms. The number of hydrogen-bond donors (Lipinski definition) is 2. The van der Waals surface area contributed by atoms with E-state index >= 15 is 0 Å². The van der Waals surface area contributed by atoms with Crippen LogP contribution in [0.2, 0.25) is 5.02 Å². The molecule has 0 atom stereocenters. The van der Waals surface area contributed by atoms with Gasteiger partial charge in [0.1, 0.15) is 0 Å². The van der Waals surface area contributed by atoms with Gasteiger partial charge in [-0.25, -0.2) is 0 Å². The third kappa shape index (κ3) is 3.44. The Hall–Kier alpha value is -1.06. The topological polar surface area (TPSA) is 55.1 Å². The average molecular weight is 199 g/mol. The van der Waals surface area contributed by atoms with Crippen LogP contribution in [0.1, 0.15) is 0 Å². The van der Waals surface area contributed by atoms with Crippen molar-refractivity contribution in [2.45, 2.75) is 0 Å². The van der Waals surface area contributed by atoms with E-state index in [1.54, 1.807) is 12.1 Å². The number of anilines is 1. The van der Waals surface area contributed by atoms with Crippen LogP contribution in [0, 0.1) is 0 Å². The number of hydrogen-bond acceptors (Lipinski definition) is 3. The zero-order valence-corrected chi connectivity index (χ0v) is 7.84. The van der Waals surface area contributed by atoms with E-state index in [-0.39, 0.29) is 18.9 Å². The number of carbonyl (C=O) groups excluding carboxylic acids is 1. The van der Waals surface area contributed by atoms with Gasteiger partial charge < -0.3 is 11.1 Å². The third-order valence-electron chi connectivity index (χ3n) is 1.54. The predicted octanol–water partition coefficient (Wildman–Crippen LogP) is 1.28. The number of halogens is 1. The summed E-state index contributed by atoms with van der Waals surface area (Å²) in [6, 6.07) is 7.19. The van der Waals surface area contributed by atoms with Crippen LogP contribution in [-0.2, 0) is 4.79 Å². The third-order valence-corrected chi connectivity index (χ3v) is 1.78. The molecule has 0 aliphatic carbocycles. The van der Waals surface area contributed by atoms with Crippen molar-refractivity contribution in [1.29, 1.82) is 0 Å². The first kappa shape index (κ1) is 10.0. The highest BCUT2D eigenvalue weighted by molar-refractivity contribution is 6.30. The van der Waals surface area contributed by atoms with Crippen molar-refractivity contribution in [3.63, 3.8) is 0 Å². The number of Topliss-reactive ketones (excluding diaryl/α,β-unsaturated/α-hetero) is 1. The summed E-state index contributed by atoms with van der Waals surface area (Å²) in [4.78, 5) is 10.8. The molecule has 70 valence electrons. The van der Waals surface area contributed by atoms with E-state index in [1.165, 1.54) is 0 Å². The molecule has 4 heteroatoms. The minimum Gasteiger partial charge on any atom is -0.378 e. The first-order valence-corrected chi connectivity index (χ1v) is 4.31. The van der Waals surface area contributed by atoms with Gasteiger partial charge in [0.15, 0.2) is 5.78 Å². The lowest BCUT2D eigenvalue weighted by Gasteiger charge is -2.04. The normalized spacial score (nSPS) is 9.69. The minimum absolute atomic E-state index is 0.0278. The van der Waals surface area contributed by atoms with E-state index in [1.807, 2.05) is 12.1 Å². The zero-order chi connectivity index (χ0) is 9.68. The second-order valence-electron chi connectivity index (χ2n) is 2.61. The highest BCUT2D eigenvalue weighted by Gasteiger charge is 1.97. The Kier molecular flexibility index (Phi) is 3.73. The van der Waals surface area contributed by atoms with Gasteiger partial charge in [-0.1, -0.05) is 17.7 Å². The smallest absolute Gasteiger partial charge is 0.165 e. The molecule has 1 rings (SSSR count). The van der Waals surface area contributed by atoms with E-state index in [9.17, 15) is 4.79 Å². The number of rotatable bonds is 4. The van der Waals surface area contributed by atoms with Crippen LogP contribution in [-0.4, -0.2) is 18.9 Å². The predicted molar refractivity (Wildman–Crippen MR) is 54.0 cm³/mol. The molecule has 3 N–H and O–H groups in total. The number of ketones is 1.